The van der Waals surface area contributed by atoms with Crippen LogP contribution in [-0.4, -0.2) is 93.7 Å². The number of rotatable bonds is 10. The van der Waals surface area contributed by atoms with E-state index in [1.807, 2.05) is 25.1 Å². The number of benzene rings is 2. The van der Waals surface area contributed by atoms with Crippen molar-refractivity contribution in [1.29, 1.82) is 0 Å². The lowest BCUT2D eigenvalue weighted by Crippen LogP contribution is -2.49. The number of methoxy groups -OCH3 is 1. The monoisotopic (exact) mass is 677 g/mol. The first kappa shape index (κ1) is 34.5. The highest BCUT2D eigenvalue weighted by Gasteiger charge is 2.26. The molecule has 1 atom stereocenters. The molecule has 2 saturated heterocycles. The van der Waals surface area contributed by atoms with E-state index in [0.717, 1.165) is 80.5 Å². The molecular weight excluding hydrogens is 641 g/mol. The van der Waals surface area contributed by atoms with Crippen LogP contribution in [0.25, 0.3) is 11.1 Å². The first-order valence-corrected chi connectivity index (χ1v) is 14.9. The van der Waals surface area contributed by atoms with Crippen molar-refractivity contribution in [3.63, 3.8) is 0 Å². The Bertz CT molecular complexity index is 1480. The van der Waals surface area contributed by atoms with Crippen LogP contribution in [0.5, 0.6) is 11.5 Å². The van der Waals surface area contributed by atoms with Crippen LogP contribution in [0.2, 0.25) is 5.02 Å². The Balaban J connectivity index is 0.00000230. The molecule has 15 heteroatoms. The van der Waals surface area contributed by atoms with E-state index in [2.05, 4.69) is 52.7 Å². The van der Waals surface area contributed by atoms with Crippen LogP contribution < -0.4 is 19.7 Å². The van der Waals surface area contributed by atoms with Crippen molar-refractivity contribution >= 4 is 53.7 Å². The first-order valence-electron chi connectivity index (χ1n) is 14.6. The topological polar surface area (TPSA) is 116 Å². The Kier molecular flexibility index (Phi) is 12.4. The summed E-state index contributed by atoms with van der Waals surface area (Å²) in [6.45, 7) is 8.26. The molecule has 2 aliphatic rings. The number of tetrazole rings is 1. The average molecular weight is 679 g/mol. The Hall–Kier alpha value is -3.42. The molecule has 242 valence electrons. The summed E-state index contributed by atoms with van der Waals surface area (Å²) in [5.41, 5.74) is 3.69. The number of ether oxygens (including phenoxy) is 3. The number of hydrogen-bond acceptors (Lipinski definition) is 11. The van der Waals surface area contributed by atoms with Gasteiger partial charge in [0, 0.05) is 61.9 Å². The molecule has 0 aliphatic carbocycles. The highest BCUT2D eigenvalue weighted by Crippen LogP contribution is 2.34. The molecule has 45 heavy (non-hydrogen) atoms. The molecule has 0 amide bonds. The van der Waals surface area contributed by atoms with Gasteiger partial charge in [-0.25, -0.2) is 14.6 Å². The molecule has 2 aromatic heterocycles. The molecule has 0 radical (unpaired) electrons. The van der Waals surface area contributed by atoms with Gasteiger partial charge in [0.2, 0.25) is 5.95 Å². The zero-order valence-corrected chi connectivity index (χ0v) is 27.6. The molecule has 6 rings (SSSR count). The Morgan fingerprint density at radius 3 is 2.42 bits per heavy atom. The minimum atomic E-state index is -0.192. The number of anilines is 3. The van der Waals surface area contributed by atoms with E-state index in [-0.39, 0.29) is 30.9 Å². The predicted octanol–water partition coefficient (Wildman–Crippen LogP) is 5.15. The molecule has 0 spiro atoms. The third kappa shape index (κ3) is 8.65. The Morgan fingerprint density at radius 1 is 0.978 bits per heavy atom. The highest BCUT2D eigenvalue weighted by atomic mass is 35.5. The summed E-state index contributed by atoms with van der Waals surface area (Å²) < 4.78 is 18.9. The van der Waals surface area contributed by atoms with Crippen molar-refractivity contribution in [2.75, 3.05) is 56.7 Å². The third-order valence-electron chi connectivity index (χ3n) is 7.90. The van der Waals surface area contributed by atoms with E-state index in [4.69, 9.17) is 25.8 Å². The standard InChI is InChI=1S/C30H36ClN9O3.2ClH/c1-21(19-40-20-34-36-37-40)43-28-15-22(3-5-26(28)31)23-17-32-30(33-18-23)35-27-6-4-25(16-29(27)41-2)38-9-7-24(8-10-38)39-11-13-42-14-12-39;;/h3-6,15-18,20-21,24H,7-14,19H2,1-2H3,(H,32,33,35);2*1H/t21-;;/m0../s1. The number of halogens is 3. The summed E-state index contributed by atoms with van der Waals surface area (Å²) in [4.78, 5) is 14.1. The predicted molar refractivity (Wildman–Crippen MR) is 179 cm³/mol. The second-order valence-corrected chi connectivity index (χ2v) is 11.2. The smallest absolute Gasteiger partial charge is 0.227 e. The third-order valence-corrected chi connectivity index (χ3v) is 8.22. The van der Waals surface area contributed by atoms with Gasteiger partial charge in [-0.1, -0.05) is 17.7 Å². The largest absolute Gasteiger partial charge is 0.494 e. The second-order valence-electron chi connectivity index (χ2n) is 10.8. The van der Waals surface area contributed by atoms with Crippen molar-refractivity contribution in [2.24, 2.45) is 0 Å². The molecule has 12 nitrogen and oxygen atoms in total. The lowest BCUT2D eigenvalue weighted by Gasteiger charge is -2.40. The van der Waals surface area contributed by atoms with Gasteiger partial charge in [-0.2, -0.15) is 0 Å². The number of nitrogens with one attached hydrogen (secondary N) is 1. The summed E-state index contributed by atoms with van der Waals surface area (Å²) in [6.07, 6.45) is 7.21. The fraction of sp³-hybridized carbons (Fsp3) is 0.433. The van der Waals surface area contributed by atoms with Crippen LogP contribution in [-0.2, 0) is 11.3 Å². The summed E-state index contributed by atoms with van der Waals surface area (Å²) >= 11 is 6.42. The average Bonchev–Trinajstić information content (AvgIpc) is 3.56. The molecule has 4 aromatic rings. The zero-order valence-electron chi connectivity index (χ0n) is 25.2. The molecule has 2 fully saturated rings. The molecule has 2 aromatic carbocycles. The Labute approximate surface area is 280 Å². The van der Waals surface area contributed by atoms with Gasteiger partial charge < -0.3 is 24.4 Å². The molecule has 0 bridgehead atoms. The minimum Gasteiger partial charge on any atom is -0.494 e. The fourth-order valence-corrected chi connectivity index (χ4v) is 5.79. The molecule has 4 heterocycles. The van der Waals surface area contributed by atoms with Gasteiger partial charge in [0.25, 0.3) is 0 Å². The van der Waals surface area contributed by atoms with Gasteiger partial charge in [-0.05, 0) is 60.0 Å². The minimum absolute atomic E-state index is 0. The molecule has 2 aliphatic heterocycles. The molecule has 0 unspecified atom stereocenters. The van der Waals surface area contributed by atoms with Crippen molar-refractivity contribution in [2.45, 2.75) is 38.5 Å². The lowest BCUT2D eigenvalue weighted by molar-refractivity contribution is 0.0115. The molecule has 1 N–H and O–H groups in total. The van der Waals surface area contributed by atoms with Gasteiger partial charge in [0.15, 0.2) is 0 Å². The maximum absolute atomic E-state index is 6.42. The van der Waals surface area contributed by atoms with E-state index in [1.165, 1.54) is 0 Å². The second kappa shape index (κ2) is 16.2. The van der Waals surface area contributed by atoms with Gasteiger partial charge in [-0.3, -0.25) is 4.90 Å². The van der Waals surface area contributed by atoms with E-state index in [1.54, 1.807) is 36.6 Å². The van der Waals surface area contributed by atoms with Gasteiger partial charge >= 0.3 is 0 Å². The number of aromatic nitrogens is 6. The van der Waals surface area contributed by atoms with Gasteiger partial charge in [0.1, 0.15) is 23.9 Å². The highest BCUT2D eigenvalue weighted by molar-refractivity contribution is 6.32. The summed E-state index contributed by atoms with van der Waals surface area (Å²) in [6, 6.07) is 12.5. The summed E-state index contributed by atoms with van der Waals surface area (Å²) in [5.74, 6) is 1.79. The van der Waals surface area contributed by atoms with Crippen LogP contribution in [0.1, 0.15) is 19.8 Å². The summed E-state index contributed by atoms with van der Waals surface area (Å²) in [5, 5.41) is 15.0. The fourth-order valence-electron chi connectivity index (χ4n) is 5.63. The van der Waals surface area contributed by atoms with Crippen LogP contribution in [0.4, 0.5) is 17.3 Å². The lowest BCUT2D eigenvalue weighted by atomic mass is 10.0. The number of morpholine rings is 1. The van der Waals surface area contributed by atoms with E-state index < -0.39 is 0 Å². The zero-order chi connectivity index (χ0) is 29.6. The Morgan fingerprint density at radius 2 is 1.73 bits per heavy atom. The maximum Gasteiger partial charge on any atom is 0.227 e. The SMILES string of the molecule is COc1cc(N2CCC(N3CCOCC3)CC2)ccc1Nc1ncc(-c2ccc(Cl)c(O[C@@H](C)Cn3cnnn3)c2)cn1.Cl.Cl. The normalized spacial score (nSPS) is 16.3. The van der Waals surface area contributed by atoms with Crippen molar-refractivity contribution in [3.8, 4) is 22.6 Å². The summed E-state index contributed by atoms with van der Waals surface area (Å²) in [7, 11) is 1.68. The van der Waals surface area contributed by atoms with E-state index in [0.29, 0.717) is 29.3 Å². The van der Waals surface area contributed by atoms with Gasteiger partial charge in [-0.15, -0.1) is 29.9 Å². The van der Waals surface area contributed by atoms with Crippen LogP contribution in [0, 0.1) is 0 Å². The van der Waals surface area contributed by atoms with Crippen molar-refractivity contribution < 1.29 is 14.2 Å². The van der Waals surface area contributed by atoms with E-state index in [9.17, 15) is 0 Å². The van der Waals surface area contributed by atoms with Crippen LogP contribution >= 0.6 is 36.4 Å². The number of hydrogen-bond donors (Lipinski definition) is 1. The number of nitrogens with zero attached hydrogens (tertiary/aromatic N) is 8. The van der Waals surface area contributed by atoms with Crippen molar-refractivity contribution in [3.05, 3.63) is 60.1 Å². The maximum atomic E-state index is 6.42. The molecular formula is C30H38Cl3N9O3. The van der Waals surface area contributed by atoms with Crippen molar-refractivity contribution in [1.82, 2.24) is 35.1 Å². The van der Waals surface area contributed by atoms with Crippen LogP contribution in [0.15, 0.2) is 55.1 Å². The first-order chi connectivity index (χ1) is 21.1. The quantitative estimate of drug-likeness (QED) is 0.240. The molecule has 0 saturated carbocycles. The number of piperidine rings is 1. The van der Waals surface area contributed by atoms with Crippen LogP contribution in [0.3, 0.4) is 0 Å². The van der Waals surface area contributed by atoms with Gasteiger partial charge in [0.05, 0.1) is 37.6 Å². The van der Waals surface area contributed by atoms with E-state index >= 15 is 0 Å².